The molecule has 2 rings (SSSR count). The van der Waals surface area contributed by atoms with Crippen molar-refractivity contribution in [3.8, 4) is 0 Å². The third kappa shape index (κ3) is 18.7. The third-order valence-corrected chi connectivity index (χ3v) is 4.66. The molecule has 0 aliphatic heterocycles. The van der Waals surface area contributed by atoms with E-state index < -0.39 is 0 Å². The second-order valence-electron chi connectivity index (χ2n) is 6.92. The summed E-state index contributed by atoms with van der Waals surface area (Å²) in [7, 11) is 0. The lowest BCUT2D eigenvalue weighted by molar-refractivity contribution is 0.215. The molecule has 0 radical (unpaired) electrons. The summed E-state index contributed by atoms with van der Waals surface area (Å²) in [6.07, 6.45) is 21.2. The van der Waals surface area contributed by atoms with Crippen molar-refractivity contribution in [2.45, 2.75) is 113 Å². The zero-order valence-electron chi connectivity index (χ0n) is 21.9. The molecule has 0 unspecified atom stereocenters. The van der Waals surface area contributed by atoms with E-state index in [1.165, 1.54) is 62.5 Å². The van der Waals surface area contributed by atoms with Crippen LogP contribution >= 0.6 is 0 Å². The van der Waals surface area contributed by atoms with Crippen LogP contribution in [-0.4, -0.2) is 6.61 Å². The zero-order valence-corrected chi connectivity index (χ0v) is 21.9. The van der Waals surface area contributed by atoms with Crippen LogP contribution in [0.3, 0.4) is 0 Å². The highest BCUT2D eigenvalue weighted by Crippen LogP contribution is 2.18. The highest BCUT2D eigenvalue weighted by molar-refractivity contribution is 5.30. The van der Waals surface area contributed by atoms with Gasteiger partial charge in [0.2, 0.25) is 0 Å². The monoisotopic (exact) mass is 428 g/mol. The van der Waals surface area contributed by atoms with Crippen molar-refractivity contribution in [2.24, 2.45) is 0 Å². The SMILES string of the molecule is CC.CC.CC.CCCCCCCOC1=CCC=CC(CCCCc2ccccc2)=C1. The van der Waals surface area contributed by atoms with Crippen LogP contribution in [0, 0.1) is 0 Å². The minimum absolute atomic E-state index is 0.854. The Kier molecular flexibility index (Phi) is 26.6. The van der Waals surface area contributed by atoms with Gasteiger partial charge in [-0.15, -0.1) is 0 Å². The van der Waals surface area contributed by atoms with E-state index in [4.69, 9.17) is 4.74 Å². The largest absolute Gasteiger partial charge is 0.494 e. The molecule has 0 atom stereocenters. The fourth-order valence-corrected chi connectivity index (χ4v) is 3.15. The minimum atomic E-state index is 0.854. The van der Waals surface area contributed by atoms with Gasteiger partial charge in [0.1, 0.15) is 5.76 Å². The maximum atomic E-state index is 5.99. The van der Waals surface area contributed by atoms with Gasteiger partial charge in [0, 0.05) is 0 Å². The summed E-state index contributed by atoms with van der Waals surface area (Å²) in [6, 6.07) is 10.8. The number of hydrogen-bond donors (Lipinski definition) is 0. The summed E-state index contributed by atoms with van der Waals surface area (Å²) in [5, 5.41) is 0. The van der Waals surface area contributed by atoms with Crippen LogP contribution in [-0.2, 0) is 11.2 Å². The number of ether oxygens (including phenoxy) is 1. The molecule has 0 bridgehead atoms. The lowest BCUT2D eigenvalue weighted by Crippen LogP contribution is -1.94. The standard InChI is InChI=1S/C24H34O.3C2H6/c1-2-3-4-5-13-20-25-24-19-12-11-18-23(21-24)17-10-9-16-22-14-7-6-8-15-22;3*1-2/h6-8,11,14-15,18-19,21H,2-5,9-10,12-13,16-17,20H2,1H3;3*1-2H3. The lowest BCUT2D eigenvalue weighted by atomic mass is 10.0. The van der Waals surface area contributed by atoms with E-state index in [2.05, 4.69) is 61.6 Å². The average Bonchev–Trinajstić information content (AvgIpc) is 3.09. The van der Waals surface area contributed by atoms with Gasteiger partial charge in [0.25, 0.3) is 0 Å². The quantitative estimate of drug-likeness (QED) is 0.301. The first-order valence-electron chi connectivity index (χ1n) is 13.1. The maximum Gasteiger partial charge on any atom is 0.115 e. The van der Waals surface area contributed by atoms with E-state index in [1.54, 1.807) is 0 Å². The van der Waals surface area contributed by atoms with Crippen LogP contribution < -0.4 is 0 Å². The first-order chi connectivity index (χ1) is 15.4. The average molecular weight is 429 g/mol. The van der Waals surface area contributed by atoms with Crippen molar-refractivity contribution >= 4 is 0 Å². The molecule has 0 amide bonds. The fraction of sp³-hybridized carbons (Fsp3) is 0.600. The zero-order chi connectivity index (χ0) is 23.6. The molecule has 1 aliphatic rings. The molecule has 31 heavy (non-hydrogen) atoms. The van der Waals surface area contributed by atoms with Crippen molar-refractivity contribution in [1.82, 2.24) is 0 Å². The maximum absolute atomic E-state index is 5.99. The molecule has 0 saturated heterocycles. The van der Waals surface area contributed by atoms with E-state index in [9.17, 15) is 0 Å². The molecule has 178 valence electrons. The smallest absolute Gasteiger partial charge is 0.115 e. The molecule has 0 spiro atoms. The third-order valence-electron chi connectivity index (χ3n) is 4.66. The predicted molar refractivity (Wildman–Crippen MR) is 143 cm³/mol. The van der Waals surface area contributed by atoms with E-state index in [0.29, 0.717) is 0 Å². The lowest BCUT2D eigenvalue weighted by Gasteiger charge is -2.08. The molecule has 0 saturated carbocycles. The van der Waals surface area contributed by atoms with Crippen molar-refractivity contribution < 1.29 is 4.74 Å². The Hall–Kier alpha value is -1.76. The molecular weight excluding hydrogens is 376 g/mol. The Balaban J connectivity index is 0. The summed E-state index contributed by atoms with van der Waals surface area (Å²) in [6.45, 7) is 15.1. The molecule has 0 aromatic heterocycles. The highest BCUT2D eigenvalue weighted by Gasteiger charge is 2.02. The summed E-state index contributed by atoms with van der Waals surface area (Å²) in [5.74, 6) is 1.07. The van der Waals surface area contributed by atoms with Crippen LogP contribution in [0.1, 0.15) is 112 Å². The van der Waals surface area contributed by atoms with Gasteiger partial charge < -0.3 is 4.74 Å². The normalized spacial score (nSPS) is 11.8. The molecule has 1 aromatic rings. The predicted octanol–water partition coefficient (Wildman–Crippen LogP) is 10.2. The van der Waals surface area contributed by atoms with Crippen LogP contribution in [0.4, 0.5) is 0 Å². The van der Waals surface area contributed by atoms with E-state index in [1.807, 2.05) is 41.5 Å². The van der Waals surface area contributed by atoms with Crippen molar-refractivity contribution in [3.63, 3.8) is 0 Å². The molecule has 1 aromatic carbocycles. The molecule has 0 heterocycles. The topological polar surface area (TPSA) is 9.23 Å². The number of rotatable bonds is 12. The minimum Gasteiger partial charge on any atom is -0.494 e. The highest BCUT2D eigenvalue weighted by atomic mass is 16.5. The van der Waals surface area contributed by atoms with E-state index >= 15 is 0 Å². The van der Waals surface area contributed by atoms with Crippen molar-refractivity contribution in [1.29, 1.82) is 0 Å². The molecule has 1 aliphatic carbocycles. The summed E-state index contributed by atoms with van der Waals surface area (Å²) < 4.78 is 5.99. The van der Waals surface area contributed by atoms with E-state index in [-0.39, 0.29) is 0 Å². The van der Waals surface area contributed by atoms with Gasteiger partial charge in [0.15, 0.2) is 0 Å². The number of allylic oxidation sites excluding steroid dienone is 5. The number of unbranched alkanes of at least 4 members (excludes halogenated alkanes) is 5. The molecule has 1 nitrogen and oxygen atoms in total. The van der Waals surface area contributed by atoms with Gasteiger partial charge >= 0.3 is 0 Å². The summed E-state index contributed by atoms with van der Waals surface area (Å²) in [5.41, 5.74) is 2.85. The summed E-state index contributed by atoms with van der Waals surface area (Å²) >= 11 is 0. The van der Waals surface area contributed by atoms with Crippen LogP contribution in [0.2, 0.25) is 0 Å². The van der Waals surface area contributed by atoms with Crippen molar-refractivity contribution in [3.05, 3.63) is 71.5 Å². The fourth-order valence-electron chi connectivity index (χ4n) is 3.15. The van der Waals surface area contributed by atoms with Gasteiger partial charge in [-0.25, -0.2) is 0 Å². The molecule has 1 heteroatoms. The number of benzene rings is 1. The first-order valence-corrected chi connectivity index (χ1v) is 13.1. The van der Waals surface area contributed by atoms with E-state index in [0.717, 1.165) is 25.2 Å². The van der Waals surface area contributed by atoms with Gasteiger partial charge in [-0.2, -0.15) is 0 Å². The van der Waals surface area contributed by atoms with Gasteiger partial charge in [-0.3, -0.25) is 0 Å². The number of aryl methyl sites for hydroxylation is 1. The Bertz CT molecular complexity index is 551. The second kappa shape index (κ2) is 26.3. The Morgan fingerprint density at radius 3 is 2.06 bits per heavy atom. The van der Waals surface area contributed by atoms with Crippen LogP contribution in [0.15, 0.2) is 66.0 Å². The van der Waals surface area contributed by atoms with Gasteiger partial charge in [0.05, 0.1) is 6.61 Å². The molecular formula is C30H52O. The van der Waals surface area contributed by atoms with Crippen molar-refractivity contribution in [2.75, 3.05) is 6.61 Å². The Morgan fingerprint density at radius 2 is 1.39 bits per heavy atom. The van der Waals surface area contributed by atoms with Crippen LogP contribution in [0.25, 0.3) is 0 Å². The Morgan fingerprint density at radius 1 is 0.742 bits per heavy atom. The van der Waals surface area contributed by atoms with Gasteiger partial charge in [-0.1, -0.05) is 117 Å². The summed E-state index contributed by atoms with van der Waals surface area (Å²) in [4.78, 5) is 0. The van der Waals surface area contributed by atoms with Crippen LogP contribution in [0.5, 0.6) is 0 Å². The Labute approximate surface area is 195 Å². The van der Waals surface area contributed by atoms with Gasteiger partial charge in [-0.05, 0) is 61.8 Å². The molecule has 0 N–H and O–H groups in total. The molecule has 0 fully saturated rings. The first kappa shape index (κ1) is 31.4. The second-order valence-corrected chi connectivity index (χ2v) is 6.92. The number of hydrogen-bond acceptors (Lipinski definition) is 1.